The molecule has 25 heavy (non-hydrogen) atoms. The Kier molecular flexibility index (Phi) is 11.8. The van der Waals surface area contributed by atoms with Crippen molar-refractivity contribution in [2.75, 3.05) is 0 Å². The van der Waals surface area contributed by atoms with Crippen LogP contribution >= 0.6 is 0 Å². The third kappa shape index (κ3) is 6.02. The van der Waals surface area contributed by atoms with E-state index in [-0.39, 0.29) is 51.0 Å². The third-order valence-electron chi connectivity index (χ3n) is 4.56. The van der Waals surface area contributed by atoms with Gasteiger partial charge >= 0.3 is 26.2 Å². The Labute approximate surface area is 183 Å². The molecule has 0 unspecified atom stereocenters. The molecule has 0 bridgehead atoms. The molecule has 0 fully saturated rings. The monoisotopic (exact) mass is 449 g/mol. The summed E-state index contributed by atoms with van der Waals surface area (Å²) in [6.45, 7) is 4.48. The summed E-state index contributed by atoms with van der Waals surface area (Å²) in [4.78, 5) is 0. The number of fused-ring (bicyclic) bond motifs is 1. The van der Waals surface area contributed by atoms with Gasteiger partial charge in [0.25, 0.3) is 0 Å². The van der Waals surface area contributed by atoms with Crippen molar-refractivity contribution in [1.29, 1.82) is 0 Å². The predicted molar refractivity (Wildman–Crippen MR) is 97.6 cm³/mol. The topological polar surface area (TPSA) is 0 Å². The molecule has 0 N–H and O–H groups in total. The predicted octanol–water partition coefficient (Wildman–Crippen LogP) is 0.662. The zero-order valence-corrected chi connectivity index (χ0v) is 19.0. The molecule has 0 aromatic heterocycles. The Bertz CT molecular complexity index is 744. The first-order valence-electron chi connectivity index (χ1n) is 8.54. The van der Waals surface area contributed by atoms with Gasteiger partial charge < -0.3 is 24.8 Å². The van der Waals surface area contributed by atoms with Gasteiger partial charge in [0, 0.05) is 0 Å². The molecule has 3 rings (SSSR count). The molecule has 0 heterocycles. The smallest absolute Gasteiger partial charge is 1.00 e. The van der Waals surface area contributed by atoms with E-state index in [1.54, 1.807) is 0 Å². The molecule has 0 aliphatic rings. The van der Waals surface area contributed by atoms with Crippen molar-refractivity contribution in [2.45, 2.75) is 46.0 Å². The zero-order chi connectivity index (χ0) is 15.4. The Balaban J connectivity index is 0.00000192. The van der Waals surface area contributed by atoms with Gasteiger partial charge in [0.2, 0.25) is 0 Å². The maximum absolute atomic E-state index is 2.31. The molecular weight excluding hydrogens is 426 g/mol. The van der Waals surface area contributed by atoms with E-state index in [1.807, 2.05) is 0 Å². The average molecular weight is 452 g/mol. The Morgan fingerprint density at radius 2 is 1.52 bits per heavy atom. The number of rotatable bonds is 6. The van der Waals surface area contributed by atoms with Gasteiger partial charge in [-0.25, -0.2) is 0 Å². The molecule has 3 aromatic carbocycles. The van der Waals surface area contributed by atoms with E-state index in [9.17, 15) is 0 Å². The number of unbranched alkanes of at least 4 members (excludes halogenated alkanes) is 3. The van der Waals surface area contributed by atoms with Crippen LogP contribution in [0.4, 0.5) is 0 Å². The summed E-state index contributed by atoms with van der Waals surface area (Å²) >= 11 is 0. The van der Waals surface area contributed by atoms with E-state index >= 15 is 0 Å². The van der Waals surface area contributed by atoms with E-state index in [1.165, 1.54) is 65.1 Å². The van der Waals surface area contributed by atoms with Gasteiger partial charge in [-0.3, -0.25) is 0 Å². The van der Waals surface area contributed by atoms with Crippen LogP contribution in [0, 0.1) is 6.92 Å². The second-order valence-electron chi connectivity index (χ2n) is 6.30. The van der Waals surface area contributed by atoms with E-state index in [0.29, 0.717) is 0 Å². The minimum absolute atomic E-state index is 0. The zero-order valence-electron chi connectivity index (χ0n) is 15.0. The van der Waals surface area contributed by atoms with Crippen LogP contribution in [-0.2, 0) is 32.6 Å². The van der Waals surface area contributed by atoms with Gasteiger partial charge in [0.1, 0.15) is 0 Å². The Morgan fingerprint density at radius 3 is 2.20 bits per heavy atom. The van der Waals surface area contributed by atoms with Crippen molar-refractivity contribution in [3.05, 3.63) is 65.7 Å². The van der Waals surface area contributed by atoms with Crippen LogP contribution in [0.2, 0.25) is 0 Å². The molecule has 0 saturated heterocycles. The fourth-order valence-corrected chi connectivity index (χ4v) is 3.35. The molecule has 0 spiro atoms. The summed E-state index contributed by atoms with van der Waals surface area (Å²) in [5, 5.41) is 2.72. The summed E-state index contributed by atoms with van der Waals surface area (Å²) < 4.78 is 0. The molecule has 0 amide bonds. The molecule has 0 nitrogen and oxygen atoms in total. The van der Waals surface area contributed by atoms with Crippen LogP contribution in [0.15, 0.2) is 54.6 Å². The molecule has 0 aliphatic carbocycles. The van der Waals surface area contributed by atoms with Gasteiger partial charge in [-0.2, -0.15) is 0 Å². The van der Waals surface area contributed by atoms with Gasteiger partial charge in [-0.15, -0.1) is 46.2 Å². The molecule has 3 aromatic rings. The summed E-state index contributed by atoms with van der Waals surface area (Å²) in [6, 6.07) is 20.2. The van der Waals surface area contributed by atoms with Crippen molar-refractivity contribution in [3.63, 3.8) is 0 Å². The number of hydrogen-bond donors (Lipinski definition) is 0. The van der Waals surface area contributed by atoms with Crippen LogP contribution in [-0.4, -0.2) is 0 Å². The van der Waals surface area contributed by atoms with Crippen molar-refractivity contribution < 1.29 is 51.0 Å². The first kappa shape index (κ1) is 24.5. The number of aryl methyl sites for hydroxylation is 2. The maximum atomic E-state index is 2.31. The van der Waals surface area contributed by atoms with Crippen LogP contribution in [0.3, 0.4) is 0 Å². The summed E-state index contributed by atoms with van der Waals surface area (Å²) in [7, 11) is 0. The van der Waals surface area contributed by atoms with Gasteiger partial charge in [-0.1, -0.05) is 69.0 Å². The number of halogens is 2. The summed E-state index contributed by atoms with van der Waals surface area (Å²) in [6.07, 6.45) is 6.54. The summed E-state index contributed by atoms with van der Waals surface area (Å²) in [5.74, 6) is 0. The maximum Gasteiger partial charge on any atom is 3.00 e. The van der Waals surface area contributed by atoms with Crippen molar-refractivity contribution in [3.8, 4) is 11.1 Å². The first-order valence-corrected chi connectivity index (χ1v) is 8.54. The van der Waals surface area contributed by atoms with Crippen LogP contribution in [0.1, 0.15) is 43.7 Å². The van der Waals surface area contributed by atoms with Gasteiger partial charge in [0.15, 0.2) is 0 Å². The van der Waals surface area contributed by atoms with Gasteiger partial charge in [-0.05, 0) is 18.4 Å². The second-order valence-corrected chi connectivity index (χ2v) is 6.30. The quantitative estimate of drug-likeness (QED) is 0.382. The average Bonchev–Trinajstić information content (AvgIpc) is 2.88. The number of hydrogen-bond acceptors (Lipinski definition) is 0. The Hall–Kier alpha value is -0.487. The first-order chi connectivity index (χ1) is 10.8. The minimum Gasteiger partial charge on any atom is -1.00 e. The molecular formula is C22H25Cl2Zr. The largest absolute Gasteiger partial charge is 3.00 e. The minimum atomic E-state index is 0. The molecule has 131 valence electrons. The van der Waals surface area contributed by atoms with Crippen molar-refractivity contribution >= 4 is 10.8 Å². The van der Waals surface area contributed by atoms with Crippen molar-refractivity contribution in [2.24, 2.45) is 0 Å². The standard InChI is InChI=1S/C22H25.2ClH.Zr/c1-3-4-5-6-9-18-12-14-19(15-13-18)22-17(2)16-20-10-7-8-11-21(20)22;;;/h7-8,10-16H,3-6,9H2,1-2H3;2*1H;/q-1;;;+3/p-2. The fourth-order valence-electron chi connectivity index (χ4n) is 3.35. The Morgan fingerprint density at radius 1 is 0.840 bits per heavy atom. The molecule has 3 heteroatoms. The van der Waals surface area contributed by atoms with E-state index in [4.69, 9.17) is 0 Å². The fraction of sp³-hybridized carbons (Fsp3) is 0.318. The number of benzene rings is 2. The van der Waals surface area contributed by atoms with E-state index in [2.05, 4.69) is 68.4 Å². The molecule has 1 radical (unpaired) electrons. The van der Waals surface area contributed by atoms with Crippen LogP contribution in [0.5, 0.6) is 0 Å². The van der Waals surface area contributed by atoms with E-state index < -0.39 is 0 Å². The normalized spacial score (nSPS) is 9.84. The molecule has 0 atom stereocenters. The second kappa shape index (κ2) is 12.0. The third-order valence-corrected chi connectivity index (χ3v) is 4.56. The van der Waals surface area contributed by atoms with Crippen LogP contribution in [0.25, 0.3) is 21.9 Å². The molecule has 0 saturated carbocycles. The van der Waals surface area contributed by atoms with Crippen molar-refractivity contribution in [1.82, 2.24) is 0 Å². The SMILES string of the molecule is CCCCCCc1ccc(-c2c(C)[cH-]c3ccccc23)cc1.[Cl-].[Cl-].[Zr+3]. The van der Waals surface area contributed by atoms with Gasteiger partial charge in [0.05, 0.1) is 0 Å². The summed E-state index contributed by atoms with van der Waals surface area (Å²) in [5.41, 5.74) is 5.58. The molecule has 0 aliphatic heterocycles. The van der Waals surface area contributed by atoms with Crippen LogP contribution < -0.4 is 24.8 Å². The van der Waals surface area contributed by atoms with E-state index in [0.717, 1.165) is 0 Å².